The summed E-state index contributed by atoms with van der Waals surface area (Å²) in [6, 6.07) is 5.78. The quantitative estimate of drug-likeness (QED) is 0.880. The molecule has 1 atom stereocenters. The summed E-state index contributed by atoms with van der Waals surface area (Å²) in [6.45, 7) is 3.25. The van der Waals surface area contributed by atoms with Crippen molar-refractivity contribution in [2.45, 2.75) is 26.3 Å². The van der Waals surface area contributed by atoms with Crippen molar-refractivity contribution in [2.75, 3.05) is 10.6 Å². The third-order valence-corrected chi connectivity index (χ3v) is 3.90. The molecule has 0 amide bonds. The van der Waals surface area contributed by atoms with Crippen LogP contribution in [-0.2, 0) is 21.2 Å². The number of sulfonamides is 1. The minimum Gasteiger partial charge on any atom is -0.480 e. The molecule has 6 heteroatoms. The van der Waals surface area contributed by atoms with Gasteiger partial charge in [-0.25, -0.2) is 13.2 Å². The fourth-order valence-corrected chi connectivity index (χ4v) is 3.00. The molecule has 0 aliphatic rings. The van der Waals surface area contributed by atoms with Crippen LogP contribution in [0.5, 0.6) is 0 Å². The van der Waals surface area contributed by atoms with E-state index in [4.69, 9.17) is 5.11 Å². The Hall–Kier alpha value is -1.56. The summed E-state index contributed by atoms with van der Waals surface area (Å²) < 4.78 is 24.6. The maximum absolute atomic E-state index is 11.8. The molecule has 1 aromatic rings. The monoisotopic (exact) mass is 271 g/mol. The molecule has 0 radical (unpaired) electrons. The van der Waals surface area contributed by atoms with Gasteiger partial charge in [-0.2, -0.15) is 0 Å². The Bertz CT molecular complexity index is 539. The first kappa shape index (κ1) is 14.5. The highest BCUT2D eigenvalue weighted by molar-refractivity contribution is 7.92. The Morgan fingerprint density at radius 2 is 1.94 bits per heavy atom. The first-order valence-corrected chi connectivity index (χ1v) is 7.44. The number of aliphatic carboxylic acids is 1. The SMILES string of the molecule is CCc1ccccc1N(C(C)C(=O)O)S(C)(=O)=O. The van der Waals surface area contributed by atoms with E-state index in [0.717, 1.165) is 16.1 Å². The van der Waals surface area contributed by atoms with E-state index in [9.17, 15) is 13.2 Å². The largest absolute Gasteiger partial charge is 0.480 e. The predicted molar refractivity (Wildman–Crippen MR) is 70.2 cm³/mol. The van der Waals surface area contributed by atoms with Gasteiger partial charge < -0.3 is 5.11 Å². The van der Waals surface area contributed by atoms with E-state index >= 15 is 0 Å². The normalized spacial score (nSPS) is 13.1. The summed E-state index contributed by atoms with van der Waals surface area (Å²) in [7, 11) is -3.64. The van der Waals surface area contributed by atoms with Gasteiger partial charge >= 0.3 is 5.97 Å². The zero-order valence-corrected chi connectivity index (χ0v) is 11.4. The second-order valence-corrected chi connectivity index (χ2v) is 5.91. The number of carboxylic acids is 1. The predicted octanol–water partition coefficient (Wildman–Crippen LogP) is 1.49. The van der Waals surface area contributed by atoms with Crippen molar-refractivity contribution in [2.24, 2.45) is 0 Å². The maximum atomic E-state index is 11.8. The van der Waals surface area contributed by atoms with Crippen LogP contribution in [0.2, 0.25) is 0 Å². The minimum atomic E-state index is -3.64. The van der Waals surface area contributed by atoms with Crippen LogP contribution in [0, 0.1) is 0 Å². The van der Waals surface area contributed by atoms with Gasteiger partial charge in [0.2, 0.25) is 10.0 Å². The average Bonchev–Trinajstić information content (AvgIpc) is 2.27. The fourth-order valence-electron chi connectivity index (χ4n) is 1.80. The highest BCUT2D eigenvalue weighted by Gasteiger charge is 2.29. The molecule has 0 fully saturated rings. The lowest BCUT2D eigenvalue weighted by Crippen LogP contribution is -2.43. The van der Waals surface area contributed by atoms with Gasteiger partial charge in [0, 0.05) is 0 Å². The Labute approximate surface area is 107 Å². The Balaban J connectivity index is 3.40. The van der Waals surface area contributed by atoms with E-state index in [-0.39, 0.29) is 0 Å². The summed E-state index contributed by atoms with van der Waals surface area (Å²) >= 11 is 0. The molecule has 0 heterocycles. The van der Waals surface area contributed by atoms with Crippen molar-refractivity contribution in [3.05, 3.63) is 29.8 Å². The van der Waals surface area contributed by atoms with E-state index < -0.39 is 22.0 Å². The lowest BCUT2D eigenvalue weighted by atomic mass is 10.1. The van der Waals surface area contributed by atoms with Gasteiger partial charge in [0.15, 0.2) is 0 Å². The topological polar surface area (TPSA) is 74.7 Å². The minimum absolute atomic E-state index is 0.428. The number of hydrogen-bond acceptors (Lipinski definition) is 3. The Kier molecular flexibility index (Phi) is 4.34. The molecular formula is C12H17NO4S. The van der Waals surface area contributed by atoms with Crippen molar-refractivity contribution in [3.8, 4) is 0 Å². The molecule has 1 aromatic carbocycles. The van der Waals surface area contributed by atoms with Gasteiger partial charge in [-0.15, -0.1) is 0 Å². The van der Waals surface area contributed by atoms with E-state index in [2.05, 4.69) is 0 Å². The molecule has 1 unspecified atom stereocenters. The van der Waals surface area contributed by atoms with Crippen LogP contribution >= 0.6 is 0 Å². The standard InChI is InChI=1S/C12H17NO4S/c1-4-10-7-5-6-8-11(10)13(18(3,16)17)9(2)12(14)15/h5-9H,4H2,1-3H3,(H,14,15). The summed E-state index contributed by atoms with van der Waals surface area (Å²) in [4.78, 5) is 11.1. The van der Waals surface area contributed by atoms with Crippen molar-refractivity contribution in [1.29, 1.82) is 0 Å². The summed E-state index contributed by atoms with van der Waals surface area (Å²) in [5, 5.41) is 9.03. The Morgan fingerprint density at radius 1 is 1.39 bits per heavy atom. The molecule has 0 aliphatic carbocycles. The lowest BCUT2D eigenvalue weighted by molar-refractivity contribution is -0.137. The molecule has 0 bridgehead atoms. The third-order valence-electron chi connectivity index (χ3n) is 2.68. The van der Waals surface area contributed by atoms with E-state index in [1.165, 1.54) is 6.92 Å². The lowest BCUT2D eigenvalue weighted by Gasteiger charge is -2.28. The number of anilines is 1. The molecule has 18 heavy (non-hydrogen) atoms. The van der Waals surface area contributed by atoms with Gasteiger partial charge in [0.1, 0.15) is 6.04 Å². The molecule has 0 spiro atoms. The summed E-state index contributed by atoms with van der Waals surface area (Å²) in [5.41, 5.74) is 1.23. The number of nitrogens with zero attached hydrogens (tertiary/aromatic N) is 1. The smallest absolute Gasteiger partial charge is 0.327 e. The molecule has 0 saturated carbocycles. The number of hydrogen-bond donors (Lipinski definition) is 1. The number of rotatable bonds is 5. The van der Waals surface area contributed by atoms with Crippen LogP contribution in [0.4, 0.5) is 5.69 Å². The van der Waals surface area contributed by atoms with Crippen LogP contribution in [0.3, 0.4) is 0 Å². The zero-order chi connectivity index (χ0) is 13.9. The second-order valence-electron chi connectivity index (χ2n) is 4.06. The van der Waals surface area contributed by atoms with E-state index in [1.807, 2.05) is 6.92 Å². The van der Waals surface area contributed by atoms with Crippen LogP contribution in [0.1, 0.15) is 19.4 Å². The molecule has 0 saturated heterocycles. The van der Waals surface area contributed by atoms with Crippen LogP contribution < -0.4 is 4.31 Å². The molecule has 0 aromatic heterocycles. The molecular weight excluding hydrogens is 254 g/mol. The average molecular weight is 271 g/mol. The van der Waals surface area contributed by atoms with Crippen molar-refractivity contribution in [1.82, 2.24) is 0 Å². The fraction of sp³-hybridized carbons (Fsp3) is 0.417. The second kappa shape index (κ2) is 5.39. The zero-order valence-electron chi connectivity index (χ0n) is 10.6. The number of carboxylic acid groups (broad SMARTS) is 1. The number of carbonyl (C=O) groups is 1. The van der Waals surface area contributed by atoms with Crippen LogP contribution in [0.25, 0.3) is 0 Å². The van der Waals surface area contributed by atoms with Gasteiger partial charge in [0.25, 0.3) is 0 Å². The van der Waals surface area contributed by atoms with Gasteiger partial charge in [-0.05, 0) is 25.0 Å². The molecule has 1 rings (SSSR count). The highest BCUT2D eigenvalue weighted by Crippen LogP contribution is 2.25. The Morgan fingerprint density at radius 3 is 2.39 bits per heavy atom. The molecule has 1 N–H and O–H groups in total. The number of benzene rings is 1. The highest BCUT2D eigenvalue weighted by atomic mass is 32.2. The molecule has 100 valence electrons. The maximum Gasteiger partial charge on any atom is 0.327 e. The van der Waals surface area contributed by atoms with Crippen molar-refractivity contribution < 1.29 is 18.3 Å². The summed E-state index contributed by atoms with van der Waals surface area (Å²) in [6.07, 6.45) is 1.65. The van der Waals surface area contributed by atoms with Crippen LogP contribution in [-0.4, -0.2) is 31.8 Å². The number of para-hydroxylation sites is 1. The molecule has 0 aliphatic heterocycles. The van der Waals surface area contributed by atoms with E-state index in [1.54, 1.807) is 24.3 Å². The van der Waals surface area contributed by atoms with Crippen LogP contribution in [0.15, 0.2) is 24.3 Å². The first-order chi connectivity index (χ1) is 8.29. The molecule has 5 nitrogen and oxygen atoms in total. The summed E-state index contributed by atoms with van der Waals surface area (Å²) in [5.74, 6) is -1.17. The van der Waals surface area contributed by atoms with Crippen molar-refractivity contribution >= 4 is 21.7 Å². The van der Waals surface area contributed by atoms with Gasteiger partial charge in [0.05, 0.1) is 11.9 Å². The first-order valence-electron chi connectivity index (χ1n) is 5.59. The van der Waals surface area contributed by atoms with E-state index in [0.29, 0.717) is 12.1 Å². The van der Waals surface area contributed by atoms with Gasteiger partial charge in [-0.1, -0.05) is 25.1 Å². The number of aryl methyl sites for hydroxylation is 1. The van der Waals surface area contributed by atoms with Gasteiger partial charge in [-0.3, -0.25) is 4.31 Å². The third kappa shape index (κ3) is 3.01. The van der Waals surface area contributed by atoms with Crippen molar-refractivity contribution in [3.63, 3.8) is 0 Å².